The van der Waals surface area contributed by atoms with Crippen molar-refractivity contribution in [1.29, 1.82) is 5.26 Å². The summed E-state index contributed by atoms with van der Waals surface area (Å²) in [5.74, 6) is 0.868. The van der Waals surface area contributed by atoms with Gasteiger partial charge in [0.2, 0.25) is 5.88 Å². The van der Waals surface area contributed by atoms with Gasteiger partial charge in [0.1, 0.15) is 28.8 Å². The van der Waals surface area contributed by atoms with Crippen LogP contribution in [0.15, 0.2) is 53.2 Å². The summed E-state index contributed by atoms with van der Waals surface area (Å²) in [6.45, 7) is 2.96. The van der Waals surface area contributed by atoms with Crippen LogP contribution in [0.3, 0.4) is 0 Å². The van der Waals surface area contributed by atoms with Crippen LogP contribution >= 0.6 is 0 Å². The highest BCUT2D eigenvalue weighted by Crippen LogP contribution is 2.29. The number of carbonyl (C=O) groups excluding carboxylic acids is 1. The third-order valence-electron chi connectivity index (χ3n) is 5.55. The normalized spacial score (nSPS) is 14.7. The van der Waals surface area contributed by atoms with Crippen molar-refractivity contribution in [2.24, 2.45) is 5.92 Å². The maximum atomic E-state index is 13.4. The highest BCUT2D eigenvalue weighted by atomic mass is 19.1. The molecule has 0 aliphatic carbocycles. The molecule has 0 radical (unpaired) electrons. The summed E-state index contributed by atoms with van der Waals surface area (Å²) < 4.78 is 20.9. The standard InChI is InChI=1S/C23H22FN3O2/c1-16-21(20(15-25)23(29-16)27-9-2-3-10-27)22(28)26-11-7-17(8-12-26)13-18-5-4-6-19(24)14-18/h2-6,9-10,14,17H,7-8,11-13H2,1H3. The van der Waals surface area contributed by atoms with E-state index in [1.54, 1.807) is 40.9 Å². The predicted octanol–water partition coefficient (Wildman–Crippen LogP) is 4.48. The van der Waals surface area contributed by atoms with Crippen molar-refractivity contribution in [2.45, 2.75) is 26.2 Å². The molecule has 4 rings (SSSR count). The topological polar surface area (TPSA) is 62.2 Å². The molecule has 1 amide bonds. The Morgan fingerprint density at radius 3 is 2.62 bits per heavy atom. The quantitative estimate of drug-likeness (QED) is 0.659. The van der Waals surface area contributed by atoms with Gasteiger partial charge in [-0.1, -0.05) is 12.1 Å². The Kier molecular flexibility index (Phi) is 5.22. The summed E-state index contributed by atoms with van der Waals surface area (Å²) in [5, 5.41) is 9.66. The minimum Gasteiger partial charge on any atom is -0.443 e. The van der Waals surface area contributed by atoms with E-state index in [4.69, 9.17) is 4.42 Å². The molecule has 0 bridgehead atoms. The molecular weight excluding hydrogens is 369 g/mol. The van der Waals surface area contributed by atoms with Crippen LogP contribution in [0.4, 0.5) is 4.39 Å². The molecule has 2 aromatic heterocycles. The number of likely N-dealkylation sites (tertiary alicyclic amines) is 1. The molecule has 3 aromatic rings. The number of nitriles is 1. The lowest BCUT2D eigenvalue weighted by Crippen LogP contribution is -2.39. The molecule has 6 heteroatoms. The number of hydrogen-bond donors (Lipinski definition) is 0. The van der Waals surface area contributed by atoms with Gasteiger partial charge in [-0.05, 0) is 61.9 Å². The number of nitrogens with zero attached hydrogens (tertiary/aromatic N) is 3. The molecular formula is C23H22FN3O2. The van der Waals surface area contributed by atoms with E-state index in [0.717, 1.165) is 24.8 Å². The van der Waals surface area contributed by atoms with Gasteiger partial charge in [-0.2, -0.15) is 5.26 Å². The van der Waals surface area contributed by atoms with Gasteiger partial charge in [0.25, 0.3) is 5.91 Å². The molecule has 1 aliphatic rings. The van der Waals surface area contributed by atoms with Crippen molar-refractivity contribution in [1.82, 2.24) is 9.47 Å². The van der Waals surface area contributed by atoms with Gasteiger partial charge >= 0.3 is 0 Å². The number of aryl methyl sites for hydroxylation is 1. The minimum atomic E-state index is -0.215. The number of piperidine rings is 1. The van der Waals surface area contributed by atoms with E-state index in [1.807, 2.05) is 18.2 Å². The van der Waals surface area contributed by atoms with Crippen LogP contribution in [0, 0.1) is 30.0 Å². The second-order valence-electron chi connectivity index (χ2n) is 7.49. The number of hydrogen-bond acceptors (Lipinski definition) is 3. The van der Waals surface area contributed by atoms with Gasteiger partial charge in [0.15, 0.2) is 0 Å². The number of aromatic nitrogens is 1. The zero-order chi connectivity index (χ0) is 20.4. The molecule has 3 heterocycles. The van der Waals surface area contributed by atoms with Gasteiger partial charge in [-0.3, -0.25) is 9.36 Å². The first kappa shape index (κ1) is 19.0. The summed E-state index contributed by atoms with van der Waals surface area (Å²) in [4.78, 5) is 14.9. The maximum Gasteiger partial charge on any atom is 0.258 e. The van der Waals surface area contributed by atoms with Crippen LogP contribution in [0.2, 0.25) is 0 Å². The van der Waals surface area contributed by atoms with Gasteiger partial charge in [-0.25, -0.2) is 4.39 Å². The molecule has 0 N–H and O–H groups in total. The largest absolute Gasteiger partial charge is 0.443 e. The molecule has 148 valence electrons. The van der Waals surface area contributed by atoms with E-state index in [2.05, 4.69) is 6.07 Å². The number of rotatable bonds is 4. The van der Waals surface area contributed by atoms with Gasteiger partial charge in [0, 0.05) is 25.5 Å². The lowest BCUT2D eigenvalue weighted by Gasteiger charge is -2.32. The zero-order valence-electron chi connectivity index (χ0n) is 16.3. The fourth-order valence-corrected chi connectivity index (χ4v) is 4.04. The van der Waals surface area contributed by atoms with Gasteiger partial charge in [0.05, 0.1) is 0 Å². The van der Waals surface area contributed by atoms with Gasteiger partial charge in [-0.15, -0.1) is 0 Å². The van der Waals surface area contributed by atoms with Crippen LogP contribution in [-0.4, -0.2) is 28.5 Å². The van der Waals surface area contributed by atoms with E-state index in [-0.39, 0.29) is 17.3 Å². The van der Waals surface area contributed by atoms with Crippen molar-refractivity contribution in [2.75, 3.05) is 13.1 Å². The third kappa shape index (κ3) is 3.81. The van der Waals surface area contributed by atoms with E-state index >= 15 is 0 Å². The summed E-state index contributed by atoms with van der Waals surface area (Å²) in [6.07, 6.45) is 6.08. The highest BCUT2D eigenvalue weighted by Gasteiger charge is 2.30. The molecule has 1 aliphatic heterocycles. The summed E-state index contributed by atoms with van der Waals surface area (Å²) >= 11 is 0. The second kappa shape index (κ2) is 7.96. The number of carbonyl (C=O) groups is 1. The number of benzene rings is 1. The summed E-state index contributed by atoms with van der Waals surface area (Å²) in [6, 6.07) is 12.5. The van der Waals surface area contributed by atoms with Crippen LogP contribution in [-0.2, 0) is 6.42 Å². The zero-order valence-corrected chi connectivity index (χ0v) is 16.3. The molecule has 5 nitrogen and oxygen atoms in total. The lowest BCUT2D eigenvalue weighted by atomic mass is 9.90. The Balaban J connectivity index is 1.47. The van der Waals surface area contributed by atoms with E-state index in [9.17, 15) is 14.4 Å². The van der Waals surface area contributed by atoms with Crippen molar-refractivity contribution in [3.05, 3.63) is 77.1 Å². The highest BCUT2D eigenvalue weighted by molar-refractivity contribution is 5.98. The van der Waals surface area contributed by atoms with Crippen molar-refractivity contribution in [3.63, 3.8) is 0 Å². The summed E-state index contributed by atoms with van der Waals surface area (Å²) in [5.41, 5.74) is 1.61. The van der Waals surface area contributed by atoms with E-state index < -0.39 is 0 Å². The van der Waals surface area contributed by atoms with Crippen LogP contribution < -0.4 is 0 Å². The number of furan rings is 1. The van der Waals surface area contributed by atoms with Crippen molar-refractivity contribution < 1.29 is 13.6 Å². The number of halogens is 1. The minimum absolute atomic E-state index is 0.162. The average Bonchev–Trinajstić information content (AvgIpc) is 3.35. The Labute approximate surface area is 169 Å². The Bertz CT molecular complexity index is 1050. The van der Waals surface area contributed by atoms with Gasteiger partial charge < -0.3 is 9.32 Å². The maximum absolute atomic E-state index is 13.4. The fraction of sp³-hybridized carbons (Fsp3) is 0.304. The van der Waals surface area contributed by atoms with Crippen molar-refractivity contribution in [3.8, 4) is 12.0 Å². The monoisotopic (exact) mass is 391 g/mol. The predicted molar refractivity (Wildman–Crippen MR) is 106 cm³/mol. The molecule has 1 fully saturated rings. The molecule has 29 heavy (non-hydrogen) atoms. The van der Waals surface area contributed by atoms with E-state index in [1.165, 1.54) is 6.07 Å². The molecule has 0 atom stereocenters. The fourth-order valence-electron chi connectivity index (χ4n) is 4.04. The third-order valence-corrected chi connectivity index (χ3v) is 5.55. The average molecular weight is 391 g/mol. The second-order valence-corrected chi connectivity index (χ2v) is 7.49. The first-order valence-electron chi connectivity index (χ1n) is 9.77. The van der Waals surface area contributed by atoms with Crippen LogP contribution in [0.25, 0.3) is 5.88 Å². The van der Waals surface area contributed by atoms with Crippen LogP contribution in [0.1, 0.15) is 40.1 Å². The number of amides is 1. The lowest BCUT2D eigenvalue weighted by molar-refractivity contribution is 0.0688. The first-order chi connectivity index (χ1) is 14.1. The van der Waals surface area contributed by atoms with Crippen molar-refractivity contribution >= 4 is 5.91 Å². The molecule has 0 saturated carbocycles. The Morgan fingerprint density at radius 2 is 1.97 bits per heavy atom. The van der Waals surface area contributed by atoms with Crippen LogP contribution in [0.5, 0.6) is 0 Å². The molecule has 1 aromatic carbocycles. The first-order valence-corrected chi connectivity index (χ1v) is 9.77. The molecule has 0 unspecified atom stereocenters. The smallest absolute Gasteiger partial charge is 0.258 e. The van der Waals surface area contributed by atoms with E-state index in [0.29, 0.717) is 36.2 Å². The summed E-state index contributed by atoms with van der Waals surface area (Å²) in [7, 11) is 0. The molecule has 1 saturated heterocycles. The SMILES string of the molecule is Cc1oc(-n2cccc2)c(C#N)c1C(=O)N1CCC(Cc2cccc(F)c2)CC1. The molecule has 0 spiro atoms. The Morgan fingerprint density at radius 1 is 1.24 bits per heavy atom. The Hall–Kier alpha value is -3.33.